The Balaban J connectivity index is 2.08. The quantitative estimate of drug-likeness (QED) is 0.889. The van der Waals surface area contributed by atoms with Crippen molar-refractivity contribution in [2.45, 2.75) is 38.0 Å². The standard InChI is InChI=1S/C14H15ClF3NO2/c15-11-5-4-9(14(16,17)18)6-8(11)7-19-12-3-1-2-10(12)13(20)21/h4-6,10,12,19H,1-3,7H2,(H,20,21)/t10-,12+/m1/s1. The summed E-state index contributed by atoms with van der Waals surface area (Å²) >= 11 is 5.91. The van der Waals surface area contributed by atoms with Gasteiger partial charge in [-0.15, -0.1) is 0 Å². The third-order valence-corrected chi connectivity index (χ3v) is 4.13. The molecule has 1 aromatic rings. The molecule has 1 saturated carbocycles. The van der Waals surface area contributed by atoms with Crippen LogP contribution in [0.1, 0.15) is 30.4 Å². The van der Waals surface area contributed by atoms with Crippen LogP contribution >= 0.6 is 11.6 Å². The van der Waals surface area contributed by atoms with Gasteiger partial charge in [0.1, 0.15) is 0 Å². The molecular weight excluding hydrogens is 307 g/mol. The molecule has 1 aromatic carbocycles. The number of alkyl halides is 3. The molecule has 0 bridgehead atoms. The highest BCUT2D eigenvalue weighted by Crippen LogP contribution is 2.32. The molecule has 0 radical (unpaired) electrons. The zero-order valence-corrected chi connectivity index (χ0v) is 11.8. The molecule has 21 heavy (non-hydrogen) atoms. The second-order valence-corrected chi connectivity index (χ2v) is 5.57. The molecule has 1 fully saturated rings. The highest BCUT2D eigenvalue weighted by atomic mass is 35.5. The van der Waals surface area contributed by atoms with E-state index in [2.05, 4.69) is 5.32 Å². The van der Waals surface area contributed by atoms with Crippen molar-refractivity contribution < 1.29 is 23.1 Å². The summed E-state index contributed by atoms with van der Waals surface area (Å²) in [6, 6.07) is 2.92. The normalized spacial score (nSPS) is 22.5. The molecule has 0 heterocycles. The largest absolute Gasteiger partial charge is 0.481 e. The summed E-state index contributed by atoms with van der Waals surface area (Å²) in [5.41, 5.74) is -0.438. The number of rotatable bonds is 4. The molecule has 0 spiro atoms. The third-order valence-electron chi connectivity index (χ3n) is 3.76. The van der Waals surface area contributed by atoms with E-state index < -0.39 is 23.6 Å². The van der Waals surface area contributed by atoms with Crippen molar-refractivity contribution in [3.8, 4) is 0 Å². The number of aliphatic carboxylic acids is 1. The summed E-state index contributed by atoms with van der Waals surface area (Å²) in [7, 11) is 0. The van der Waals surface area contributed by atoms with Gasteiger partial charge in [-0.1, -0.05) is 18.0 Å². The molecular formula is C14H15ClF3NO2. The van der Waals surface area contributed by atoms with E-state index in [-0.39, 0.29) is 17.6 Å². The average molecular weight is 322 g/mol. The Labute approximate surface area is 125 Å². The van der Waals surface area contributed by atoms with Crippen LogP contribution in [0.4, 0.5) is 13.2 Å². The molecule has 116 valence electrons. The first kappa shape index (κ1) is 16.1. The van der Waals surface area contributed by atoms with E-state index in [1.54, 1.807) is 0 Å². The van der Waals surface area contributed by atoms with Crippen LogP contribution in [0.5, 0.6) is 0 Å². The lowest BCUT2D eigenvalue weighted by Crippen LogP contribution is -2.35. The number of hydrogen-bond acceptors (Lipinski definition) is 2. The molecule has 2 atom stereocenters. The van der Waals surface area contributed by atoms with Gasteiger partial charge in [0.15, 0.2) is 0 Å². The van der Waals surface area contributed by atoms with Gasteiger partial charge in [0.25, 0.3) is 0 Å². The molecule has 2 N–H and O–H groups in total. The van der Waals surface area contributed by atoms with Crippen LogP contribution in [0.15, 0.2) is 18.2 Å². The molecule has 1 aliphatic carbocycles. The van der Waals surface area contributed by atoms with Crippen molar-refractivity contribution >= 4 is 17.6 Å². The number of benzene rings is 1. The Kier molecular flexibility index (Phi) is 4.78. The first-order valence-corrected chi connectivity index (χ1v) is 6.98. The first-order chi connectivity index (χ1) is 9.79. The van der Waals surface area contributed by atoms with Crippen LogP contribution in [0.25, 0.3) is 0 Å². The van der Waals surface area contributed by atoms with E-state index in [0.29, 0.717) is 18.4 Å². The van der Waals surface area contributed by atoms with E-state index in [1.807, 2.05) is 0 Å². The minimum absolute atomic E-state index is 0.122. The van der Waals surface area contributed by atoms with Crippen LogP contribution < -0.4 is 5.32 Å². The number of hydrogen-bond donors (Lipinski definition) is 2. The summed E-state index contributed by atoms with van der Waals surface area (Å²) in [5.74, 6) is -1.37. The van der Waals surface area contributed by atoms with Crippen molar-refractivity contribution in [1.82, 2.24) is 5.32 Å². The molecule has 2 rings (SSSR count). The van der Waals surface area contributed by atoms with E-state index in [9.17, 15) is 18.0 Å². The Bertz CT molecular complexity index is 533. The Morgan fingerprint density at radius 3 is 2.71 bits per heavy atom. The summed E-state index contributed by atoms with van der Waals surface area (Å²) in [6.45, 7) is 0.122. The van der Waals surface area contributed by atoms with Crippen LogP contribution in [0.2, 0.25) is 5.02 Å². The van der Waals surface area contributed by atoms with Gasteiger partial charge in [-0.05, 0) is 36.6 Å². The predicted octanol–water partition coefficient (Wildman–Crippen LogP) is 3.70. The van der Waals surface area contributed by atoms with Gasteiger partial charge in [-0.25, -0.2) is 0 Å². The van der Waals surface area contributed by atoms with Crippen molar-refractivity contribution in [3.63, 3.8) is 0 Å². The highest BCUT2D eigenvalue weighted by Gasteiger charge is 2.33. The number of nitrogens with one attached hydrogen (secondary N) is 1. The van der Waals surface area contributed by atoms with Crippen molar-refractivity contribution in [2.24, 2.45) is 5.92 Å². The van der Waals surface area contributed by atoms with Crippen molar-refractivity contribution in [2.75, 3.05) is 0 Å². The van der Waals surface area contributed by atoms with E-state index in [0.717, 1.165) is 18.6 Å². The van der Waals surface area contributed by atoms with Gasteiger partial charge >= 0.3 is 12.1 Å². The van der Waals surface area contributed by atoms with E-state index >= 15 is 0 Å². The van der Waals surface area contributed by atoms with Crippen LogP contribution in [0, 0.1) is 5.92 Å². The second kappa shape index (κ2) is 6.23. The molecule has 1 aliphatic rings. The zero-order chi connectivity index (χ0) is 15.6. The van der Waals surface area contributed by atoms with Crippen molar-refractivity contribution in [3.05, 3.63) is 34.3 Å². The summed E-state index contributed by atoms with van der Waals surface area (Å²) in [6.07, 6.45) is -2.34. The molecule has 0 aromatic heterocycles. The third kappa shape index (κ3) is 3.89. The number of carboxylic acid groups (broad SMARTS) is 1. The maximum absolute atomic E-state index is 12.7. The van der Waals surface area contributed by atoms with Crippen LogP contribution in [0.3, 0.4) is 0 Å². The summed E-state index contributed by atoms with van der Waals surface area (Å²) in [4.78, 5) is 11.1. The summed E-state index contributed by atoms with van der Waals surface area (Å²) < 4.78 is 38.0. The minimum Gasteiger partial charge on any atom is -0.481 e. The lowest BCUT2D eigenvalue weighted by Gasteiger charge is -2.18. The van der Waals surface area contributed by atoms with E-state index in [4.69, 9.17) is 16.7 Å². The maximum atomic E-state index is 12.7. The van der Waals surface area contributed by atoms with Gasteiger partial charge in [-0.3, -0.25) is 4.79 Å². The van der Waals surface area contributed by atoms with Crippen molar-refractivity contribution in [1.29, 1.82) is 0 Å². The van der Waals surface area contributed by atoms with Gasteiger partial charge in [0, 0.05) is 17.6 Å². The van der Waals surface area contributed by atoms with Gasteiger partial charge in [-0.2, -0.15) is 13.2 Å². The van der Waals surface area contributed by atoms with Gasteiger partial charge < -0.3 is 10.4 Å². The van der Waals surface area contributed by atoms with E-state index in [1.165, 1.54) is 6.07 Å². The Morgan fingerprint density at radius 1 is 1.38 bits per heavy atom. The lowest BCUT2D eigenvalue weighted by atomic mass is 10.0. The minimum atomic E-state index is -4.42. The Morgan fingerprint density at radius 2 is 2.10 bits per heavy atom. The van der Waals surface area contributed by atoms with Gasteiger partial charge in [0.2, 0.25) is 0 Å². The first-order valence-electron chi connectivity index (χ1n) is 6.61. The number of carboxylic acids is 1. The zero-order valence-electron chi connectivity index (χ0n) is 11.1. The van der Waals surface area contributed by atoms with Crippen LogP contribution in [-0.2, 0) is 17.5 Å². The summed E-state index contributed by atoms with van der Waals surface area (Å²) in [5, 5.41) is 12.3. The fourth-order valence-corrected chi connectivity index (χ4v) is 2.81. The van der Waals surface area contributed by atoms with Gasteiger partial charge in [0.05, 0.1) is 11.5 Å². The molecule has 0 aliphatic heterocycles. The predicted molar refractivity (Wildman–Crippen MR) is 72.1 cm³/mol. The molecule has 7 heteroatoms. The molecule has 0 amide bonds. The molecule has 0 saturated heterocycles. The SMILES string of the molecule is O=C(O)[C@@H]1CCC[C@@H]1NCc1cc(C(F)(F)F)ccc1Cl. The average Bonchev–Trinajstić information content (AvgIpc) is 2.85. The van der Waals surface area contributed by atoms with Crippen LogP contribution in [-0.4, -0.2) is 17.1 Å². The smallest absolute Gasteiger partial charge is 0.416 e. The number of carbonyl (C=O) groups is 1. The monoisotopic (exact) mass is 321 g/mol. The number of halogens is 4. The fraction of sp³-hybridized carbons (Fsp3) is 0.500. The Hall–Kier alpha value is -1.27. The second-order valence-electron chi connectivity index (χ2n) is 5.17. The highest BCUT2D eigenvalue weighted by molar-refractivity contribution is 6.31. The molecule has 0 unspecified atom stereocenters. The topological polar surface area (TPSA) is 49.3 Å². The fourth-order valence-electron chi connectivity index (χ4n) is 2.63. The lowest BCUT2D eigenvalue weighted by molar-refractivity contribution is -0.142. The maximum Gasteiger partial charge on any atom is 0.416 e. The molecule has 3 nitrogen and oxygen atoms in total.